The molecule has 1 saturated heterocycles. The number of rotatable bonds is 3. The number of amides is 1. The lowest BCUT2D eigenvalue weighted by atomic mass is 10.1. The number of nitrogens with zero attached hydrogens (tertiary/aromatic N) is 1. The maximum Gasteiger partial charge on any atom is 0.255 e. The van der Waals surface area contributed by atoms with Gasteiger partial charge in [-0.2, -0.15) is 0 Å². The number of carbonyl (C=O) groups is 1. The summed E-state index contributed by atoms with van der Waals surface area (Å²) in [5, 5.41) is 8.92. The Hall–Kier alpha value is -1.07. The van der Waals surface area contributed by atoms with Crippen LogP contribution in [0.1, 0.15) is 23.2 Å². The smallest absolute Gasteiger partial charge is 0.255 e. The van der Waals surface area contributed by atoms with Crippen LogP contribution in [0.2, 0.25) is 0 Å². The molecule has 0 radical (unpaired) electrons. The molecule has 5 heteroatoms. The Balaban J connectivity index is 2.10. The molecule has 2 rings (SSSR count). The number of carbonyl (C=O) groups excluding carboxylic acids is 1. The van der Waals surface area contributed by atoms with E-state index >= 15 is 0 Å². The molecule has 1 atom stereocenters. The van der Waals surface area contributed by atoms with E-state index in [9.17, 15) is 4.79 Å². The lowest BCUT2D eigenvalue weighted by Gasteiger charge is -2.17. The normalized spacial score (nSPS) is 19.2. The van der Waals surface area contributed by atoms with Gasteiger partial charge in [-0.1, -0.05) is 0 Å². The van der Waals surface area contributed by atoms with Crippen LogP contribution in [-0.2, 0) is 0 Å². The van der Waals surface area contributed by atoms with E-state index in [4.69, 9.17) is 10.8 Å². The number of nitrogen functional groups attached to an aromatic ring is 1. The van der Waals surface area contributed by atoms with Crippen molar-refractivity contribution in [3.8, 4) is 0 Å². The van der Waals surface area contributed by atoms with E-state index in [-0.39, 0.29) is 12.5 Å². The number of likely N-dealkylation sites (tertiary alicyclic amines) is 1. The van der Waals surface area contributed by atoms with Crippen molar-refractivity contribution in [2.45, 2.75) is 12.8 Å². The van der Waals surface area contributed by atoms with Crippen molar-refractivity contribution in [2.75, 3.05) is 25.4 Å². The fourth-order valence-electron chi connectivity index (χ4n) is 2.31. The first-order chi connectivity index (χ1) is 8.61. The fraction of sp³-hybridized carbons (Fsp3) is 0.462. The third kappa shape index (κ3) is 2.84. The molecular formula is C13H17BrN2O2. The van der Waals surface area contributed by atoms with E-state index in [1.165, 1.54) is 0 Å². The number of anilines is 1. The largest absolute Gasteiger partial charge is 0.399 e. The maximum absolute atomic E-state index is 12.3. The summed E-state index contributed by atoms with van der Waals surface area (Å²) >= 11 is 3.38. The molecule has 1 aliphatic rings. The zero-order valence-corrected chi connectivity index (χ0v) is 11.7. The molecule has 1 aromatic carbocycles. The van der Waals surface area contributed by atoms with Gasteiger partial charge in [-0.05, 0) is 52.9 Å². The Morgan fingerprint density at radius 3 is 3.06 bits per heavy atom. The first-order valence-electron chi connectivity index (χ1n) is 6.07. The fourth-order valence-corrected chi connectivity index (χ4v) is 2.73. The molecule has 4 nitrogen and oxygen atoms in total. The van der Waals surface area contributed by atoms with Gasteiger partial charge in [0.25, 0.3) is 5.91 Å². The van der Waals surface area contributed by atoms with Gasteiger partial charge >= 0.3 is 0 Å². The Labute approximate surface area is 115 Å². The molecule has 1 aliphatic heterocycles. The number of hydrogen-bond acceptors (Lipinski definition) is 3. The van der Waals surface area contributed by atoms with Crippen molar-refractivity contribution in [1.29, 1.82) is 0 Å². The van der Waals surface area contributed by atoms with E-state index in [0.29, 0.717) is 17.2 Å². The highest BCUT2D eigenvalue weighted by atomic mass is 79.9. The summed E-state index contributed by atoms with van der Waals surface area (Å²) in [5.41, 5.74) is 6.92. The van der Waals surface area contributed by atoms with Crippen molar-refractivity contribution in [1.82, 2.24) is 4.90 Å². The maximum atomic E-state index is 12.3. The van der Waals surface area contributed by atoms with Crippen molar-refractivity contribution in [3.05, 3.63) is 28.2 Å². The highest BCUT2D eigenvalue weighted by Crippen LogP contribution is 2.25. The van der Waals surface area contributed by atoms with Gasteiger partial charge in [-0.25, -0.2) is 0 Å². The second-order valence-corrected chi connectivity index (χ2v) is 5.51. The number of nitrogens with two attached hydrogens (primary N) is 1. The number of halogens is 1. The van der Waals surface area contributed by atoms with Gasteiger partial charge in [0, 0.05) is 29.9 Å². The molecule has 1 heterocycles. The summed E-state index contributed by atoms with van der Waals surface area (Å²) in [4.78, 5) is 14.2. The monoisotopic (exact) mass is 312 g/mol. The van der Waals surface area contributed by atoms with Gasteiger partial charge in [0.1, 0.15) is 0 Å². The second-order valence-electron chi connectivity index (χ2n) is 4.66. The van der Waals surface area contributed by atoms with Gasteiger partial charge < -0.3 is 15.7 Å². The molecule has 0 aromatic heterocycles. The topological polar surface area (TPSA) is 66.6 Å². The van der Waals surface area contributed by atoms with Crippen LogP contribution >= 0.6 is 15.9 Å². The summed E-state index contributed by atoms with van der Waals surface area (Å²) in [6, 6.07) is 5.26. The molecule has 18 heavy (non-hydrogen) atoms. The summed E-state index contributed by atoms with van der Waals surface area (Å²) in [6.45, 7) is 1.67. The van der Waals surface area contributed by atoms with Gasteiger partial charge in [-0.15, -0.1) is 0 Å². The van der Waals surface area contributed by atoms with Crippen molar-refractivity contribution >= 4 is 27.5 Å². The molecule has 0 spiro atoms. The highest BCUT2D eigenvalue weighted by Gasteiger charge is 2.27. The quantitative estimate of drug-likeness (QED) is 0.837. The molecule has 0 aliphatic carbocycles. The first-order valence-corrected chi connectivity index (χ1v) is 6.86. The van der Waals surface area contributed by atoms with Crippen LogP contribution in [-0.4, -0.2) is 35.6 Å². The third-order valence-electron chi connectivity index (χ3n) is 3.33. The SMILES string of the molecule is Nc1ccc(Br)c(C(=O)N2CCC(CCO)C2)c1. The standard InChI is InChI=1S/C13H17BrN2O2/c14-12-2-1-10(15)7-11(12)13(18)16-5-3-9(8-16)4-6-17/h1-2,7,9,17H,3-6,8,15H2. The first kappa shape index (κ1) is 13.4. The van der Waals surface area contributed by atoms with Crippen LogP contribution in [0.5, 0.6) is 0 Å². The molecule has 1 unspecified atom stereocenters. The van der Waals surface area contributed by atoms with Crippen LogP contribution in [0.3, 0.4) is 0 Å². The van der Waals surface area contributed by atoms with Crippen LogP contribution in [0.4, 0.5) is 5.69 Å². The zero-order valence-electron chi connectivity index (χ0n) is 10.1. The van der Waals surface area contributed by atoms with Crippen LogP contribution in [0.25, 0.3) is 0 Å². The van der Waals surface area contributed by atoms with Crippen LogP contribution < -0.4 is 5.73 Å². The van der Waals surface area contributed by atoms with Crippen LogP contribution in [0.15, 0.2) is 22.7 Å². The van der Waals surface area contributed by atoms with Crippen LogP contribution in [0, 0.1) is 5.92 Å². The minimum absolute atomic E-state index is 0.00890. The molecule has 1 fully saturated rings. The predicted molar refractivity (Wildman–Crippen MR) is 74.3 cm³/mol. The summed E-state index contributed by atoms with van der Waals surface area (Å²) in [6.07, 6.45) is 1.73. The van der Waals surface area contributed by atoms with Crippen molar-refractivity contribution in [2.24, 2.45) is 5.92 Å². The van der Waals surface area contributed by atoms with Gasteiger partial charge in [0.15, 0.2) is 0 Å². The zero-order chi connectivity index (χ0) is 13.1. The number of aliphatic hydroxyl groups is 1. The van der Waals surface area contributed by atoms with E-state index < -0.39 is 0 Å². The van der Waals surface area contributed by atoms with E-state index in [2.05, 4.69) is 15.9 Å². The molecule has 3 N–H and O–H groups in total. The molecule has 0 saturated carbocycles. The lowest BCUT2D eigenvalue weighted by molar-refractivity contribution is 0.0784. The molecule has 1 amide bonds. The van der Waals surface area contributed by atoms with Gasteiger partial charge in [0.2, 0.25) is 0 Å². The Bertz CT molecular complexity index is 451. The van der Waals surface area contributed by atoms with Crippen molar-refractivity contribution < 1.29 is 9.90 Å². The number of hydrogen-bond donors (Lipinski definition) is 2. The highest BCUT2D eigenvalue weighted by molar-refractivity contribution is 9.10. The average molecular weight is 313 g/mol. The molecule has 98 valence electrons. The summed E-state index contributed by atoms with van der Waals surface area (Å²) < 4.78 is 0.771. The Morgan fingerprint density at radius 2 is 2.33 bits per heavy atom. The molecular weight excluding hydrogens is 296 g/mol. The molecule has 0 bridgehead atoms. The summed E-state index contributed by atoms with van der Waals surface area (Å²) in [7, 11) is 0. The predicted octanol–water partition coefficient (Wildman–Crippen LogP) is 1.88. The number of benzene rings is 1. The third-order valence-corrected chi connectivity index (χ3v) is 4.02. The summed E-state index contributed by atoms with van der Waals surface area (Å²) in [5.74, 6) is 0.424. The molecule has 1 aromatic rings. The Morgan fingerprint density at radius 1 is 1.56 bits per heavy atom. The van der Waals surface area contributed by atoms with E-state index in [1.807, 2.05) is 4.90 Å². The second kappa shape index (κ2) is 5.71. The minimum Gasteiger partial charge on any atom is -0.399 e. The van der Waals surface area contributed by atoms with E-state index in [1.54, 1.807) is 18.2 Å². The number of aliphatic hydroxyl groups excluding tert-OH is 1. The minimum atomic E-state index is 0.00890. The van der Waals surface area contributed by atoms with Crippen molar-refractivity contribution in [3.63, 3.8) is 0 Å². The van der Waals surface area contributed by atoms with Gasteiger partial charge in [0.05, 0.1) is 5.56 Å². The Kier molecular flexibility index (Phi) is 4.24. The average Bonchev–Trinajstić information content (AvgIpc) is 2.80. The van der Waals surface area contributed by atoms with Gasteiger partial charge in [-0.3, -0.25) is 4.79 Å². The lowest BCUT2D eigenvalue weighted by Crippen LogP contribution is -2.29. The van der Waals surface area contributed by atoms with E-state index in [0.717, 1.165) is 30.4 Å².